The minimum atomic E-state index is -1.04. The number of benzene rings is 2. The van der Waals surface area contributed by atoms with Gasteiger partial charge in [0.05, 0.1) is 11.6 Å². The van der Waals surface area contributed by atoms with Crippen LogP contribution in [0.5, 0.6) is 0 Å². The summed E-state index contributed by atoms with van der Waals surface area (Å²) in [5, 5.41) is 9.48. The van der Waals surface area contributed by atoms with E-state index in [0.717, 1.165) is 17.7 Å². The van der Waals surface area contributed by atoms with E-state index in [1.807, 2.05) is 0 Å². The minimum absolute atomic E-state index is 0.150. The van der Waals surface area contributed by atoms with Gasteiger partial charge in [-0.3, -0.25) is 4.79 Å². The van der Waals surface area contributed by atoms with Gasteiger partial charge in [0.1, 0.15) is 0 Å². The summed E-state index contributed by atoms with van der Waals surface area (Å²) in [7, 11) is 0. The number of rotatable bonds is 3. The lowest BCUT2D eigenvalue weighted by molar-refractivity contribution is -0.113. The lowest BCUT2D eigenvalue weighted by atomic mass is 9.95. The third kappa shape index (κ3) is 3.84. The Kier molecular flexibility index (Phi) is 5.20. The maximum Gasteiger partial charge on any atom is 0.255 e. The summed E-state index contributed by atoms with van der Waals surface area (Å²) in [6, 6.07) is 9.65. The van der Waals surface area contributed by atoms with Crippen molar-refractivity contribution < 1.29 is 13.6 Å². The molecule has 3 N–H and O–H groups in total. The minimum Gasteiger partial charge on any atom is -0.351 e. The molecule has 0 unspecified atom stereocenters. The molecule has 134 valence electrons. The summed E-state index contributed by atoms with van der Waals surface area (Å²) in [5.41, 5.74) is 1.88. The number of carbonyl (C=O) groups is 1. The molecule has 1 aliphatic heterocycles. The molecule has 0 fully saturated rings. The van der Waals surface area contributed by atoms with Gasteiger partial charge in [0.25, 0.3) is 5.91 Å². The molecule has 0 radical (unpaired) electrons. The number of hydrogen-bond acceptors (Lipinski definition) is 2. The smallest absolute Gasteiger partial charge is 0.255 e. The Labute approximate surface area is 159 Å². The van der Waals surface area contributed by atoms with Crippen LogP contribution >= 0.6 is 23.8 Å². The average Bonchev–Trinajstić information content (AvgIpc) is 2.58. The van der Waals surface area contributed by atoms with E-state index in [4.69, 9.17) is 23.8 Å². The van der Waals surface area contributed by atoms with Crippen molar-refractivity contribution in [2.75, 3.05) is 5.32 Å². The zero-order chi connectivity index (χ0) is 18.8. The van der Waals surface area contributed by atoms with Crippen molar-refractivity contribution in [3.05, 3.63) is 76.0 Å². The molecule has 1 atom stereocenters. The standard InChI is InChI=1S/C18H14ClF2N3OS/c1-9-15(17(25)23-12-6-7-13(20)14(21)8-12)16(24-18(26)22-9)10-2-4-11(19)5-3-10/h2-8,16H,1H3,(H,23,25)(H2,22,24,26)/t16-/m0/s1. The van der Waals surface area contributed by atoms with Crippen molar-refractivity contribution in [1.82, 2.24) is 10.6 Å². The predicted octanol–water partition coefficient (Wildman–Crippen LogP) is 4.05. The Morgan fingerprint density at radius 3 is 2.50 bits per heavy atom. The Bertz CT molecular complexity index is 915. The molecular formula is C18H14ClF2N3OS. The number of anilines is 1. The molecule has 26 heavy (non-hydrogen) atoms. The number of hydrogen-bond donors (Lipinski definition) is 3. The lowest BCUT2D eigenvalue weighted by Crippen LogP contribution is -2.45. The molecule has 8 heteroatoms. The van der Waals surface area contributed by atoms with Gasteiger partial charge in [0.15, 0.2) is 16.7 Å². The van der Waals surface area contributed by atoms with Crippen LogP contribution in [0.25, 0.3) is 0 Å². The Balaban J connectivity index is 1.93. The normalized spacial score (nSPS) is 16.8. The Hall–Kier alpha value is -2.51. The summed E-state index contributed by atoms with van der Waals surface area (Å²) in [4.78, 5) is 12.8. The van der Waals surface area contributed by atoms with Gasteiger partial charge in [-0.05, 0) is 49.0 Å². The fraction of sp³-hybridized carbons (Fsp3) is 0.111. The molecule has 1 amide bonds. The van der Waals surface area contributed by atoms with E-state index in [1.165, 1.54) is 6.07 Å². The van der Waals surface area contributed by atoms with Crippen molar-refractivity contribution in [2.45, 2.75) is 13.0 Å². The van der Waals surface area contributed by atoms with Gasteiger partial charge in [-0.25, -0.2) is 8.78 Å². The highest BCUT2D eigenvalue weighted by Crippen LogP contribution is 2.28. The zero-order valence-corrected chi connectivity index (χ0v) is 15.1. The zero-order valence-electron chi connectivity index (χ0n) is 13.6. The molecule has 0 spiro atoms. The monoisotopic (exact) mass is 393 g/mol. The molecule has 4 nitrogen and oxygen atoms in total. The van der Waals surface area contributed by atoms with Crippen molar-refractivity contribution in [3.63, 3.8) is 0 Å². The highest BCUT2D eigenvalue weighted by molar-refractivity contribution is 7.80. The molecule has 2 aromatic rings. The van der Waals surface area contributed by atoms with Gasteiger partial charge in [-0.15, -0.1) is 0 Å². The van der Waals surface area contributed by atoms with Crippen molar-refractivity contribution >= 4 is 40.5 Å². The van der Waals surface area contributed by atoms with Gasteiger partial charge >= 0.3 is 0 Å². The van der Waals surface area contributed by atoms with Crippen LogP contribution in [0.4, 0.5) is 14.5 Å². The maximum absolute atomic E-state index is 13.4. The van der Waals surface area contributed by atoms with Crippen LogP contribution < -0.4 is 16.0 Å². The summed E-state index contributed by atoms with van der Waals surface area (Å²) in [6.07, 6.45) is 0. The molecule has 3 rings (SSSR count). The number of halogens is 3. The SMILES string of the molecule is CC1=C(C(=O)Nc2ccc(F)c(F)c2)[C@H](c2ccc(Cl)cc2)NC(=S)N1. The van der Waals surface area contributed by atoms with E-state index < -0.39 is 23.6 Å². The van der Waals surface area contributed by atoms with Gasteiger partial charge < -0.3 is 16.0 Å². The number of carbonyl (C=O) groups excluding carboxylic acids is 1. The van der Waals surface area contributed by atoms with Crippen LogP contribution in [0.3, 0.4) is 0 Å². The largest absolute Gasteiger partial charge is 0.351 e. The van der Waals surface area contributed by atoms with E-state index in [0.29, 0.717) is 21.4 Å². The third-order valence-corrected chi connectivity index (χ3v) is 4.37. The maximum atomic E-state index is 13.4. The van der Waals surface area contributed by atoms with Gasteiger partial charge in [0.2, 0.25) is 0 Å². The molecule has 0 aromatic heterocycles. The second-order valence-electron chi connectivity index (χ2n) is 5.70. The molecule has 2 aromatic carbocycles. The molecule has 1 aliphatic rings. The second kappa shape index (κ2) is 7.39. The van der Waals surface area contributed by atoms with Crippen LogP contribution in [0.1, 0.15) is 18.5 Å². The first-order valence-electron chi connectivity index (χ1n) is 7.65. The van der Waals surface area contributed by atoms with Crippen LogP contribution in [-0.2, 0) is 4.79 Å². The highest BCUT2D eigenvalue weighted by Gasteiger charge is 2.30. The van der Waals surface area contributed by atoms with Crippen LogP contribution in [-0.4, -0.2) is 11.0 Å². The first-order chi connectivity index (χ1) is 12.3. The van der Waals surface area contributed by atoms with Crippen LogP contribution in [0.15, 0.2) is 53.7 Å². The summed E-state index contributed by atoms with van der Waals surface area (Å²) in [5.74, 6) is -2.48. The van der Waals surface area contributed by atoms with Gasteiger partial charge in [0, 0.05) is 22.5 Å². The number of thiocarbonyl (C=S) groups is 1. The molecular weight excluding hydrogens is 380 g/mol. The molecule has 1 heterocycles. The summed E-state index contributed by atoms with van der Waals surface area (Å²) < 4.78 is 26.5. The fourth-order valence-electron chi connectivity index (χ4n) is 2.67. The molecule has 0 saturated carbocycles. The number of nitrogens with one attached hydrogen (secondary N) is 3. The molecule has 0 aliphatic carbocycles. The van der Waals surface area contributed by atoms with E-state index in [9.17, 15) is 13.6 Å². The summed E-state index contributed by atoms with van der Waals surface area (Å²) in [6.45, 7) is 1.72. The van der Waals surface area contributed by atoms with E-state index >= 15 is 0 Å². The Morgan fingerprint density at radius 2 is 1.85 bits per heavy atom. The quantitative estimate of drug-likeness (QED) is 0.689. The average molecular weight is 394 g/mol. The lowest BCUT2D eigenvalue weighted by Gasteiger charge is -2.30. The molecule has 0 bridgehead atoms. The van der Waals surface area contributed by atoms with E-state index in [2.05, 4.69) is 16.0 Å². The fourth-order valence-corrected chi connectivity index (χ4v) is 3.07. The number of allylic oxidation sites excluding steroid dienone is 1. The van der Waals surface area contributed by atoms with E-state index in [1.54, 1.807) is 31.2 Å². The van der Waals surface area contributed by atoms with Gasteiger partial charge in [-0.2, -0.15) is 0 Å². The van der Waals surface area contributed by atoms with Crippen LogP contribution in [0.2, 0.25) is 5.02 Å². The predicted molar refractivity (Wildman–Crippen MR) is 101 cm³/mol. The first kappa shape index (κ1) is 18.3. The Morgan fingerprint density at radius 1 is 1.15 bits per heavy atom. The molecule has 0 saturated heterocycles. The number of amides is 1. The third-order valence-electron chi connectivity index (χ3n) is 3.89. The van der Waals surface area contributed by atoms with Crippen molar-refractivity contribution in [1.29, 1.82) is 0 Å². The second-order valence-corrected chi connectivity index (χ2v) is 6.55. The van der Waals surface area contributed by atoms with E-state index in [-0.39, 0.29) is 5.69 Å². The highest BCUT2D eigenvalue weighted by atomic mass is 35.5. The topological polar surface area (TPSA) is 53.2 Å². The summed E-state index contributed by atoms with van der Waals surface area (Å²) >= 11 is 11.1. The first-order valence-corrected chi connectivity index (χ1v) is 8.44. The van der Waals surface area contributed by atoms with Crippen molar-refractivity contribution in [3.8, 4) is 0 Å². The van der Waals surface area contributed by atoms with Crippen molar-refractivity contribution in [2.24, 2.45) is 0 Å². The van der Waals surface area contributed by atoms with Gasteiger partial charge in [-0.1, -0.05) is 23.7 Å². The van der Waals surface area contributed by atoms with Crippen LogP contribution in [0, 0.1) is 11.6 Å².